The second-order valence-electron chi connectivity index (χ2n) is 3.69. The summed E-state index contributed by atoms with van der Waals surface area (Å²) in [5, 5.41) is 11.8. The number of nitrogens with zero attached hydrogens (tertiary/aromatic N) is 1. The van der Waals surface area contributed by atoms with E-state index in [0.717, 1.165) is 30.9 Å². The fraction of sp³-hybridized carbons (Fsp3) is 0.333. The molecule has 0 fully saturated rings. The van der Waals surface area contributed by atoms with Gasteiger partial charge in [0, 0.05) is 13.1 Å². The summed E-state index contributed by atoms with van der Waals surface area (Å²) in [6.45, 7) is 1.33. The van der Waals surface area contributed by atoms with Crippen molar-refractivity contribution in [2.24, 2.45) is 4.99 Å². The molecule has 0 aliphatic carbocycles. The minimum absolute atomic E-state index is 0.343. The van der Waals surface area contributed by atoms with Gasteiger partial charge in [-0.3, -0.25) is 4.99 Å². The van der Waals surface area contributed by atoms with E-state index in [1.165, 1.54) is 0 Å². The topological polar surface area (TPSA) is 70.9 Å². The van der Waals surface area contributed by atoms with Crippen molar-refractivity contribution in [2.75, 3.05) is 19.7 Å². The molecule has 17 heavy (non-hydrogen) atoms. The first kappa shape index (κ1) is 11.4. The number of para-hydroxylation sites is 1. The van der Waals surface area contributed by atoms with Crippen LogP contribution in [0, 0.1) is 0 Å². The predicted octanol–water partition coefficient (Wildman–Crippen LogP) is 0.890. The highest BCUT2D eigenvalue weighted by atomic mass is 16.5. The molecular weight excluding hydrogens is 220 g/mol. The molecule has 1 heterocycles. The van der Waals surface area contributed by atoms with Crippen LogP contribution in [0.4, 0.5) is 0 Å². The van der Waals surface area contributed by atoms with Crippen molar-refractivity contribution in [1.82, 2.24) is 5.32 Å². The molecule has 0 aromatic heterocycles. The summed E-state index contributed by atoms with van der Waals surface area (Å²) in [5.74, 6) is 0.332. The summed E-state index contributed by atoms with van der Waals surface area (Å²) in [5.41, 5.74) is 0.813. The SMILES string of the molecule is O=C(O)COc1ccccc1C1=NCCCN1. The van der Waals surface area contributed by atoms with Crippen molar-refractivity contribution in [3.63, 3.8) is 0 Å². The van der Waals surface area contributed by atoms with Gasteiger partial charge >= 0.3 is 5.97 Å². The Hall–Kier alpha value is -2.04. The van der Waals surface area contributed by atoms with E-state index in [-0.39, 0.29) is 6.61 Å². The number of ether oxygens (including phenoxy) is 1. The molecule has 0 unspecified atom stereocenters. The quantitative estimate of drug-likeness (QED) is 0.811. The van der Waals surface area contributed by atoms with Gasteiger partial charge in [0.05, 0.1) is 5.56 Å². The Bertz CT molecular complexity index is 443. The van der Waals surface area contributed by atoms with Crippen LogP contribution in [0.2, 0.25) is 0 Å². The molecule has 1 aromatic rings. The van der Waals surface area contributed by atoms with Gasteiger partial charge in [-0.25, -0.2) is 4.79 Å². The lowest BCUT2D eigenvalue weighted by atomic mass is 10.1. The number of hydrogen-bond donors (Lipinski definition) is 2. The van der Waals surface area contributed by atoms with Crippen LogP contribution in [0.1, 0.15) is 12.0 Å². The van der Waals surface area contributed by atoms with Crippen molar-refractivity contribution >= 4 is 11.8 Å². The number of hydrogen-bond acceptors (Lipinski definition) is 4. The van der Waals surface area contributed by atoms with Gasteiger partial charge in [0.25, 0.3) is 0 Å². The van der Waals surface area contributed by atoms with Crippen LogP contribution >= 0.6 is 0 Å². The van der Waals surface area contributed by atoms with Crippen molar-refractivity contribution in [3.05, 3.63) is 29.8 Å². The molecular formula is C12H14N2O3. The monoisotopic (exact) mass is 234 g/mol. The third-order valence-corrected chi connectivity index (χ3v) is 2.39. The van der Waals surface area contributed by atoms with Gasteiger partial charge in [-0.15, -0.1) is 0 Å². The van der Waals surface area contributed by atoms with Crippen LogP contribution in [-0.2, 0) is 4.79 Å². The highest BCUT2D eigenvalue weighted by Gasteiger charge is 2.12. The van der Waals surface area contributed by atoms with Gasteiger partial charge in [-0.2, -0.15) is 0 Å². The van der Waals surface area contributed by atoms with Crippen LogP contribution in [0.15, 0.2) is 29.3 Å². The number of aliphatic carboxylic acids is 1. The first-order chi connectivity index (χ1) is 8.27. The zero-order chi connectivity index (χ0) is 12.1. The molecule has 0 atom stereocenters. The number of rotatable bonds is 4. The standard InChI is InChI=1S/C12H14N2O3/c15-11(16)8-17-10-5-2-1-4-9(10)12-13-6-3-7-14-12/h1-2,4-5H,3,6-8H2,(H,13,14)(H,15,16). The Labute approximate surface area is 99.1 Å². The lowest BCUT2D eigenvalue weighted by molar-refractivity contribution is -0.139. The minimum atomic E-state index is -0.988. The van der Waals surface area contributed by atoms with Gasteiger partial charge in [0.1, 0.15) is 11.6 Å². The van der Waals surface area contributed by atoms with E-state index in [1.807, 2.05) is 18.2 Å². The van der Waals surface area contributed by atoms with Gasteiger partial charge in [0.2, 0.25) is 0 Å². The zero-order valence-electron chi connectivity index (χ0n) is 9.35. The molecule has 0 spiro atoms. The summed E-state index contributed by atoms with van der Waals surface area (Å²) >= 11 is 0. The smallest absolute Gasteiger partial charge is 0.341 e. The summed E-state index contributed by atoms with van der Waals surface area (Å²) in [6.07, 6.45) is 1.02. The van der Waals surface area contributed by atoms with Gasteiger partial charge in [-0.05, 0) is 18.6 Å². The van der Waals surface area contributed by atoms with Crippen molar-refractivity contribution in [1.29, 1.82) is 0 Å². The highest BCUT2D eigenvalue weighted by Crippen LogP contribution is 2.19. The van der Waals surface area contributed by atoms with Crippen LogP contribution in [-0.4, -0.2) is 36.6 Å². The Morgan fingerprint density at radius 2 is 2.29 bits per heavy atom. The number of benzene rings is 1. The maximum Gasteiger partial charge on any atom is 0.341 e. The fourth-order valence-electron chi connectivity index (χ4n) is 1.64. The maximum atomic E-state index is 10.5. The van der Waals surface area contributed by atoms with E-state index in [2.05, 4.69) is 10.3 Å². The van der Waals surface area contributed by atoms with E-state index in [1.54, 1.807) is 6.07 Å². The van der Waals surface area contributed by atoms with E-state index < -0.39 is 5.97 Å². The molecule has 0 amide bonds. The molecule has 2 N–H and O–H groups in total. The Morgan fingerprint density at radius 1 is 1.47 bits per heavy atom. The molecule has 1 aliphatic rings. The number of aliphatic imine (C=N–C) groups is 1. The number of carboxylic acids is 1. The van der Waals surface area contributed by atoms with E-state index in [4.69, 9.17) is 9.84 Å². The first-order valence-electron chi connectivity index (χ1n) is 5.49. The number of carboxylic acid groups (broad SMARTS) is 1. The average molecular weight is 234 g/mol. The summed E-state index contributed by atoms with van der Waals surface area (Å²) in [6, 6.07) is 7.30. The van der Waals surface area contributed by atoms with Gasteiger partial charge in [0.15, 0.2) is 6.61 Å². The number of carbonyl (C=O) groups is 1. The Kier molecular flexibility index (Phi) is 3.59. The zero-order valence-corrected chi connectivity index (χ0v) is 9.35. The predicted molar refractivity (Wildman–Crippen MR) is 63.6 cm³/mol. The van der Waals surface area contributed by atoms with E-state index in [9.17, 15) is 4.79 Å². The molecule has 0 saturated carbocycles. The maximum absolute atomic E-state index is 10.5. The molecule has 5 heteroatoms. The van der Waals surface area contributed by atoms with Crippen LogP contribution in [0.25, 0.3) is 0 Å². The van der Waals surface area contributed by atoms with Crippen molar-refractivity contribution in [3.8, 4) is 5.75 Å². The molecule has 2 rings (SSSR count). The Morgan fingerprint density at radius 3 is 3.00 bits per heavy atom. The third kappa shape index (κ3) is 2.96. The summed E-state index contributed by atoms with van der Waals surface area (Å²) < 4.78 is 5.23. The largest absolute Gasteiger partial charge is 0.481 e. The number of nitrogens with one attached hydrogen (secondary N) is 1. The number of amidine groups is 1. The third-order valence-electron chi connectivity index (χ3n) is 2.39. The second kappa shape index (κ2) is 5.34. The molecule has 1 aliphatic heterocycles. The molecule has 0 radical (unpaired) electrons. The van der Waals surface area contributed by atoms with E-state index >= 15 is 0 Å². The second-order valence-corrected chi connectivity index (χ2v) is 3.69. The normalized spacial score (nSPS) is 14.7. The van der Waals surface area contributed by atoms with Crippen molar-refractivity contribution in [2.45, 2.75) is 6.42 Å². The fourth-order valence-corrected chi connectivity index (χ4v) is 1.64. The van der Waals surface area contributed by atoms with Crippen LogP contribution in [0.3, 0.4) is 0 Å². The van der Waals surface area contributed by atoms with Crippen LogP contribution in [0.5, 0.6) is 5.75 Å². The first-order valence-corrected chi connectivity index (χ1v) is 5.49. The summed E-state index contributed by atoms with van der Waals surface area (Å²) in [4.78, 5) is 14.9. The molecule has 1 aromatic carbocycles. The average Bonchev–Trinajstić information content (AvgIpc) is 2.38. The van der Waals surface area contributed by atoms with Crippen LogP contribution < -0.4 is 10.1 Å². The summed E-state index contributed by atoms with van der Waals surface area (Å²) in [7, 11) is 0. The van der Waals surface area contributed by atoms with Gasteiger partial charge < -0.3 is 15.2 Å². The van der Waals surface area contributed by atoms with E-state index in [0.29, 0.717) is 5.75 Å². The van der Waals surface area contributed by atoms with Gasteiger partial charge in [-0.1, -0.05) is 12.1 Å². The molecule has 5 nitrogen and oxygen atoms in total. The highest BCUT2D eigenvalue weighted by molar-refractivity contribution is 6.01. The lowest BCUT2D eigenvalue weighted by Crippen LogP contribution is -2.30. The molecule has 0 bridgehead atoms. The van der Waals surface area contributed by atoms with Crippen molar-refractivity contribution < 1.29 is 14.6 Å². The molecule has 90 valence electrons. The molecule has 0 saturated heterocycles. The Balaban J connectivity index is 2.20. The lowest BCUT2D eigenvalue weighted by Gasteiger charge is -2.17. The minimum Gasteiger partial charge on any atom is -0.481 e.